The lowest BCUT2D eigenvalue weighted by atomic mass is 10.1. The molecule has 78 valence electrons. The minimum absolute atomic E-state index is 0.786. The molecule has 0 unspecified atom stereocenters. The molecular weight excluding hydrogens is 180 g/mol. The first kappa shape index (κ1) is 11.3. The van der Waals surface area contributed by atoms with E-state index in [1.54, 1.807) is 0 Å². The largest absolute Gasteiger partial charge is 0.313 e. The number of thioether (sulfide) groups is 1. The SMILES string of the molecule is CCSCCNC1CCN(C)CC1. The Bertz CT molecular complexity index is 122. The number of rotatable bonds is 5. The van der Waals surface area contributed by atoms with Gasteiger partial charge in [0.25, 0.3) is 0 Å². The van der Waals surface area contributed by atoms with Gasteiger partial charge in [-0.2, -0.15) is 11.8 Å². The second kappa shape index (κ2) is 6.68. The zero-order valence-electron chi connectivity index (χ0n) is 8.88. The maximum Gasteiger partial charge on any atom is 0.00917 e. The van der Waals surface area contributed by atoms with Crippen LogP contribution >= 0.6 is 11.8 Å². The summed E-state index contributed by atoms with van der Waals surface area (Å²) >= 11 is 2.02. The molecule has 0 saturated carbocycles. The summed E-state index contributed by atoms with van der Waals surface area (Å²) in [5, 5.41) is 3.63. The Morgan fingerprint density at radius 1 is 1.38 bits per heavy atom. The van der Waals surface area contributed by atoms with Gasteiger partial charge >= 0.3 is 0 Å². The van der Waals surface area contributed by atoms with Crippen molar-refractivity contribution in [2.75, 3.05) is 38.2 Å². The van der Waals surface area contributed by atoms with Crippen molar-refractivity contribution in [3.8, 4) is 0 Å². The van der Waals surface area contributed by atoms with Crippen LogP contribution in [-0.2, 0) is 0 Å². The summed E-state index contributed by atoms with van der Waals surface area (Å²) in [4.78, 5) is 2.42. The number of nitrogens with zero attached hydrogens (tertiary/aromatic N) is 1. The van der Waals surface area contributed by atoms with Crippen molar-refractivity contribution in [2.45, 2.75) is 25.8 Å². The van der Waals surface area contributed by atoms with E-state index in [-0.39, 0.29) is 0 Å². The first-order valence-corrected chi connectivity index (χ1v) is 6.48. The molecule has 1 heterocycles. The lowest BCUT2D eigenvalue weighted by Gasteiger charge is -2.29. The number of piperidine rings is 1. The van der Waals surface area contributed by atoms with Crippen LogP contribution in [0.3, 0.4) is 0 Å². The van der Waals surface area contributed by atoms with Crippen LogP contribution in [0.5, 0.6) is 0 Å². The minimum Gasteiger partial charge on any atom is -0.313 e. The molecule has 0 aromatic heterocycles. The zero-order chi connectivity index (χ0) is 9.52. The van der Waals surface area contributed by atoms with Gasteiger partial charge < -0.3 is 10.2 Å². The van der Waals surface area contributed by atoms with Gasteiger partial charge in [-0.15, -0.1) is 0 Å². The van der Waals surface area contributed by atoms with E-state index in [0.717, 1.165) is 6.04 Å². The fourth-order valence-corrected chi connectivity index (χ4v) is 2.24. The topological polar surface area (TPSA) is 15.3 Å². The van der Waals surface area contributed by atoms with Crippen molar-refractivity contribution in [3.63, 3.8) is 0 Å². The third-order valence-corrected chi connectivity index (χ3v) is 3.50. The van der Waals surface area contributed by atoms with Crippen LogP contribution in [0.2, 0.25) is 0 Å². The Labute approximate surface area is 86.5 Å². The second-order valence-electron chi connectivity index (χ2n) is 3.73. The summed E-state index contributed by atoms with van der Waals surface area (Å²) in [6.07, 6.45) is 2.65. The Kier molecular flexibility index (Phi) is 5.83. The van der Waals surface area contributed by atoms with Gasteiger partial charge in [-0.05, 0) is 38.7 Å². The number of nitrogens with one attached hydrogen (secondary N) is 1. The molecular formula is C10H22N2S. The van der Waals surface area contributed by atoms with Gasteiger partial charge in [0.1, 0.15) is 0 Å². The lowest BCUT2D eigenvalue weighted by Crippen LogP contribution is -2.41. The maximum absolute atomic E-state index is 3.63. The quantitative estimate of drug-likeness (QED) is 0.679. The summed E-state index contributed by atoms with van der Waals surface area (Å²) < 4.78 is 0. The third kappa shape index (κ3) is 4.89. The molecule has 1 N–H and O–H groups in total. The van der Waals surface area contributed by atoms with Crippen molar-refractivity contribution >= 4 is 11.8 Å². The summed E-state index contributed by atoms with van der Waals surface area (Å²) in [5.41, 5.74) is 0. The number of likely N-dealkylation sites (tertiary alicyclic amines) is 1. The maximum atomic E-state index is 3.63. The zero-order valence-corrected chi connectivity index (χ0v) is 9.70. The Hall–Kier alpha value is 0.270. The molecule has 1 aliphatic heterocycles. The van der Waals surface area contributed by atoms with E-state index in [1.165, 1.54) is 44.0 Å². The van der Waals surface area contributed by atoms with E-state index in [4.69, 9.17) is 0 Å². The molecule has 13 heavy (non-hydrogen) atoms. The van der Waals surface area contributed by atoms with Gasteiger partial charge in [0.05, 0.1) is 0 Å². The van der Waals surface area contributed by atoms with Crippen molar-refractivity contribution in [1.29, 1.82) is 0 Å². The lowest BCUT2D eigenvalue weighted by molar-refractivity contribution is 0.237. The van der Waals surface area contributed by atoms with E-state index in [9.17, 15) is 0 Å². The molecule has 1 fully saturated rings. The van der Waals surface area contributed by atoms with Gasteiger partial charge in [-0.1, -0.05) is 6.92 Å². The fraction of sp³-hybridized carbons (Fsp3) is 1.00. The Balaban J connectivity index is 1.96. The van der Waals surface area contributed by atoms with E-state index < -0.39 is 0 Å². The molecule has 0 aromatic carbocycles. The van der Waals surface area contributed by atoms with E-state index in [2.05, 4.69) is 24.2 Å². The standard InChI is InChI=1S/C10H22N2S/c1-3-13-9-6-11-10-4-7-12(2)8-5-10/h10-11H,3-9H2,1-2H3. The number of hydrogen-bond donors (Lipinski definition) is 1. The summed E-state index contributed by atoms with van der Waals surface area (Å²) in [7, 11) is 2.21. The molecule has 0 radical (unpaired) electrons. The molecule has 1 aliphatic rings. The van der Waals surface area contributed by atoms with Crippen LogP contribution in [-0.4, -0.2) is 49.1 Å². The smallest absolute Gasteiger partial charge is 0.00917 e. The van der Waals surface area contributed by atoms with Crippen molar-refractivity contribution < 1.29 is 0 Å². The van der Waals surface area contributed by atoms with Crippen LogP contribution in [0.15, 0.2) is 0 Å². The Morgan fingerprint density at radius 2 is 2.08 bits per heavy atom. The predicted molar refractivity (Wildman–Crippen MR) is 61.5 cm³/mol. The van der Waals surface area contributed by atoms with Crippen LogP contribution in [0.4, 0.5) is 0 Å². The molecule has 0 aliphatic carbocycles. The second-order valence-corrected chi connectivity index (χ2v) is 5.12. The average Bonchev–Trinajstić information content (AvgIpc) is 2.15. The van der Waals surface area contributed by atoms with Crippen molar-refractivity contribution in [2.24, 2.45) is 0 Å². The van der Waals surface area contributed by atoms with Gasteiger partial charge in [0.2, 0.25) is 0 Å². The molecule has 0 aromatic rings. The molecule has 1 saturated heterocycles. The summed E-state index contributed by atoms with van der Waals surface area (Å²) in [6.45, 7) is 5.93. The molecule has 2 nitrogen and oxygen atoms in total. The van der Waals surface area contributed by atoms with Crippen molar-refractivity contribution in [1.82, 2.24) is 10.2 Å². The number of hydrogen-bond acceptors (Lipinski definition) is 3. The summed E-state index contributed by atoms with van der Waals surface area (Å²) in [6, 6.07) is 0.786. The first-order chi connectivity index (χ1) is 6.33. The third-order valence-electron chi connectivity index (χ3n) is 2.60. The highest BCUT2D eigenvalue weighted by molar-refractivity contribution is 7.99. The molecule has 0 amide bonds. The van der Waals surface area contributed by atoms with Crippen LogP contribution < -0.4 is 5.32 Å². The van der Waals surface area contributed by atoms with Crippen LogP contribution in [0.25, 0.3) is 0 Å². The fourth-order valence-electron chi connectivity index (χ4n) is 1.69. The monoisotopic (exact) mass is 202 g/mol. The highest BCUT2D eigenvalue weighted by atomic mass is 32.2. The highest BCUT2D eigenvalue weighted by Crippen LogP contribution is 2.08. The molecule has 0 bridgehead atoms. The predicted octanol–water partition coefficient (Wildman–Crippen LogP) is 1.42. The van der Waals surface area contributed by atoms with Gasteiger partial charge in [-0.3, -0.25) is 0 Å². The average molecular weight is 202 g/mol. The summed E-state index contributed by atoms with van der Waals surface area (Å²) in [5.74, 6) is 2.51. The van der Waals surface area contributed by atoms with E-state index >= 15 is 0 Å². The van der Waals surface area contributed by atoms with E-state index in [1.807, 2.05) is 11.8 Å². The first-order valence-electron chi connectivity index (χ1n) is 5.32. The van der Waals surface area contributed by atoms with Gasteiger partial charge in [0.15, 0.2) is 0 Å². The van der Waals surface area contributed by atoms with Crippen molar-refractivity contribution in [3.05, 3.63) is 0 Å². The normalized spacial score (nSPS) is 20.8. The van der Waals surface area contributed by atoms with Gasteiger partial charge in [0, 0.05) is 18.3 Å². The highest BCUT2D eigenvalue weighted by Gasteiger charge is 2.14. The molecule has 0 atom stereocenters. The van der Waals surface area contributed by atoms with E-state index in [0.29, 0.717) is 0 Å². The molecule has 3 heteroatoms. The van der Waals surface area contributed by atoms with Gasteiger partial charge in [-0.25, -0.2) is 0 Å². The Morgan fingerprint density at radius 3 is 2.69 bits per heavy atom. The van der Waals surface area contributed by atoms with Crippen LogP contribution in [0.1, 0.15) is 19.8 Å². The van der Waals surface area contributed by atoms with Crippen LogP contribution in [0, 0.1) is 0 Å². The molecule has 0 spiro atoms. The molecule has 1 rings (SSSR count). The minimum atomic E-state index is 0.786.